The van der Waals surface area contributed by atoms with E-state index in [1.807, 2.05) is 0 Å². The Morgan fingerprint density at radius 1 is 1.56 bits per heavy atom. The van der Waals surface area contributed by atoms with E-state index in [9.17, 15) is 9.70 Å². The van der Waals surface area contributed by atoms with Crippen LogP contribution >= 0.6 is 0 Å². The molecule has 92 valence electrons. The zero-order valence-electron chi connectivity index (χ0n) is 9.50. The van der Waals surface area contributed by atoms with Gasteiger partial charge in [-0.3, -0.25) is 4.57 Å². The summed E-state index contributed by atoms with van der Waals surface area (Å²) in [6.07, 6.45) is 2.91. The number of fused-ring (bicyclic) bond motifs is 1. The van der Waals surface area contributed by atoms with Gasteiger partial charge in [0, 0.05) is 11.6 Å². The van der Waals surface area contributed by atoms with Crippen LogP contribution in [-0.2, 0) is 0 Å². The number of rotatable bonds is 4. The molecule has 1 amide bonds. The SMILES string of the molecule is C=CCOc1ccc2c(c1)c(N=O)cn2C(N)=O. The fourth-order valence-corrected chi connectivity index (χ4v) is 1.69. The Morgan fingerprint density at radius 2 is 2.33 bits per heavy atom. The first-order valence-corrected chi connectivity index (χ1v) is 5.19. The average Bonchev–Trinajstić information content (AvgIpc) is 2.74. The number of aromatic nitrogens is 1. The summed E-state index contributed by atoms with van der Waals surface area (Å²) in [5.74, 6) is 0.564. The van der Waals surface area contributed by atoms with Gasteiger partial charge in [0.25, 0.3) is 0 Å². The summed E-state index contributed by atoms with van der Waals surface area (Å²) in [7, 11) is 0. The standard InChI is InChI=1S/C12H11N3O3/c1-2-5-18-8-3-4-11-9(6-8)10(14-17)7-15(11)12(13)16/h2-4,6-7H,1,5H2,(H2,13,16). The van der Waals surface area contributed by atoms with Crippen LogP contribution in [-0.4, -0.2) is 17.2 Å². The Balaban J connectivity index is 2.57. The number of ether oxygens (including phenoxy) is 1. The van der Waals surface area contributed by atoms with E-state index >= 15 is 0 Å². The van der Waals surface area contributed by atoms with Crippen molar-refractivity contribution in [1.82, 2.24) is 4.57 Å². The second-order valence-electron chi connectivity index (χ2n) is 3.59. The first-order chi connectivity index (χ1) is 8.67. The largest absolute Gasteiger partial charge is 0.490 e. The number of hydrogen-bond donors (Lipinski definition) is 1. The maximum absolute atomic E-state index is 11.2. The Morgan fingerprint density at radius 3 is 2.94 bits per heavy atom. The van der Waals surface area contributed by atoms with Gasteiger partial charge in [0.1, 0.15) is 18.0 Å². The van der Waals surface area contributed by atoms with Crippen molar-refractivity contribution in [2.24, 2.45) is 10.9 Å². The van der Waals surface area contributed by atoms with Gasteiger partial charge in [0.15, 0.2) is 0 Å². The van der Waals surface area contributed by atoms with Gasteiger partial charge in [-0.05, 0) is 23.4 Å². The molecule has 1 aromatic carbocycles. The van der Waals surface area contributed by atoms with Crippen molar-refractivity contribution in [3.8, 4) is 5.75 Å². The molecule has 0 saturated heterocycles. The predicted octanol–water partition coefficient (Wildman–Crippen LogP) is 2.53. The van der Waals surface area contributed by atoms with Gasteiger partial charge in [-0.1, -0.05) is 12.7 Å². The molecule has 2 rings (SSSR count). The van der Waals surface area contributed by atoms with Crippen molar-refractivity contribution >= 4 is 22.6 Å². The molecule has 6 nitrogen and oxygen atoms in total. The quantitative estimate of drug-likeness (QED) is 0.663. The van der Waals surface area contributed by atoms with E-state index in [-0.39, 0.29) is 5.69 Å². The summed E-state index contributed by atoms with van der Waals surface area (Å²) in [5.41, 5.74) is 5.86. The van der Waals surface area contributed by atoms with Gasteiger partial charge < -0.3 is 10.5 Å². The minimum absolute atomic E-state index is 0.146. The summed E-state index contributed by atoms with van der Waals surface area (Å²) < 4.78 is 6.52. The molecule has 0 unspecified atom stereocenters. The van der Waals surface area contributed by atoms with Crippen LogP contribution in [0.4, 0.5) is 10.5 Å². The predicted molar refractivity (Wildman–Crippen MR) is 68.1 cm³/mol. The van der Waals surface area contributed by atoms with Crippen LogP contribution in [0.3, 0.4) is 0 Å². The van der Waals surface area contributed by atoms with Crippen molar-refractivity contribution in [1.29, 1.82) is 0 Å². The summed E-state index contributed by atoms with van der Waals surface area (Å²) in [6, 6.07) is 4.29. The normalized spacial score (nSPS) is 10.2. The number of primary amides is 1. The van der Waals surface area contributed by atoms with Crippen LogP contribution in [0, 0.1) is 4.91 Å². The minimum atomic E-state index is -0.672. The van der Waals surface area contributed by atoms with Crippen molar-refractivity contribution in [3.63, 3.8) is 0 Å². The molecule has 0 spiro atoms. The summed E-state index contributed by atoms with van der Waals surface area (Å²) in [5, 5.41) is 3.39. The maximum Gasteiger partial charge on any atom is 0.323 e. The molecular formula is C12H11N3O3. The molecule has 0 aliphatic rings. The van der Waals surface area contributed by atoms with Gasteiger partial charge in [0.05, 0.1) is 5.52 Å². The second-order valence-corrected chi connectivity index (χ2v) is 3.59. The third-order valence-electron chi connectivity index (χ3n) is 2.46. The number of amides is 1. The zero-order valence-corrected chi connectivity index (χ0v) is 9.50. The van der Waals surface area contributed by atoms with E-state index in [4.69, 9.17) is 10.5 Å². The lowest BCUT2D eigenvalue weighted by Crippen LogP contribution is -2.17. The summed E-state index contributed by atoms with van der Waals surface area (Å²) in [4.78, 5) is 21.9. The van der Waals surface area contributed by atoms with Gasteiger partial charge in [-0.15, -0.1) is 4.91 Å². The Hall–Kier alpha value is -2.63. The molecular weight excluding hydrogens is 234 g/mol. The highest BCUT2D eigenvalue weighted by atomic mass is 16.5. The van der Waals surface area contributed by atoms with Crippen LogP contribution in [0.25, 0.3) is 10.9 Å². The number of hydrogen-bond acceptors (Lipinski definition) is 4. The first kappa shape index (κ1) is 11.8. The second kappa shape index (κ2) is 4.70. The molecule has 1 aromatic heterocycles. The number of carbonyl (C=O) groups excluding carboxylic acids is 1. The molecule has 2 N–H and O–H groups in total. The molecule has 0 atom stereocenters. The number of nitroso groups, excluding NO2 is 1. The lowest BCUT2D eigenvalue weighted by molar-refractivity contribution is 0.251. The topological polar surface area (TPSA) is 86.7 Å². The number of benzene rings is 1. The summed E-state index contributed by atoms with van der Waals surface area (Å²) >= 11 is 0. The minimum Gasteiger partial charge on any atom is -0.490 e. The van der Waals surface area contributed by atoms with Crippen molar-refractivity contribution in [2.75, 3.05) is 6.61 Å². The van der Waals surface area contributed by atoms with Crippen LogP contribution in [0.1, 0.15) is 0 Å². The molecule has 1 heterocycles. The van der Waals surface area contributed by atoms with E-state index in [1.54, 1.807) is 24.3 Å². The molecule has 0 fully saturated rings. The Bertz CT molecular complexity index is 631. The third kappa shape index (κ3) is 1.95. The highest BCUT2D eigenvalue weighted by molar-refractivity contribution is 5.98. The lowest BCUT2D eigenvalue weighted by Gasteiger charge is -2.03. The first-order valence-electron chi connectivity index (χ1n) is 5.19. The fourth-order valence-electron chi connectivity index (χ4n) is 1.69. The Kier molecular flexibility index (Phi) is 3.09. The van der Waals surface area contributed by atoms with Crippen molar-refractivity contribution in [2.45, 2.75) is 0 Å². The smallest absolute Gasteiger partial charge is 0.323 e. The molecule has 0 radical (unpaired) electrons. The fraction of sp³-hybridized carbons (Fsp3) is 0.0833. The van der Waals surface area contributed by atoms with Crippen molar-refractivity contribution in [3.05, 3.63) is 42.0 Å². The third-order valence-corrected chi connectivity index (χ3v) is 2.46. The van der Waals surface area contributed by atoms with Crippen LogP contribution in [0.15, 0.2) is 42.2 Å². The highest BCUT2D eigenvalue weighted by Crippen LogP contribution is 2.31. The molecule has 6 heteroatoms. The van der Waals surface area contributed by atoms with Gasteiger partial charge in [-0.2, -0.15) is 0 Å². The van der Waals surface area contributed by atoms with Gasteiger partial charge in [-0.25, -0.2) is 4.79 Å². The molecule has 0 aliphatic carbocycles. The number of nitrogens with zero attached hydrogens (tertiary/aromatic N) is 2. The van der Waals surface area contributed by atoms with Crippen molar-refractivity contribution < 1.29 is 9.53 Å². The highest BCUT2D eigenvalue weighted by Gasteiger charge is 2.12. The van der Waals surface area contributed by atoms with Crippen LogP contribution in [0.5, 0.6) is 5.75 Å². The average molecular weight is 245 g/mol. The number of nitrogens with two attached hydrogens (primary N) is 1. The molecule has 0 aliphatic heterocycles. The molecule has 2 aromatic rings. The maximum atomic E-state index is 11.2. The van der Waals surface area contributed by atoms with Gasteiger partial charge in [0.2, 0.25) is 0 Å². The molecule has 0 saturated carbocycles. The van der Waals surface area contributed by atoms with E-state index < -0.39 is 6.03 Å². The van der Waals surface area contributed by atoms with E-state index in [0.717, 1.165) is 0 Å². The molecule has 18 heavy (non-hydrogen) atoms. The molecule has 0 bridgehead atoms. The van der Waals surface area contributed by atoms with E-state index in [2.05, 4.69) is 11.8 Å². The van der Waals surface area contributed by atoms with Crippen LogP contribution in [0.2, 0.25) is 0 Å². The van der Waals surface area contributed by atoms with Crippen LogP contribution < -0.4 is 10.5 Å². The summed E-state index contributed by atoms with van der Waals surface area (Å²) in [6.45, 7) is 3.89. The van der Waals surface area contributed by atoms with E-state index in [1.165, 1.54) is 10.8 Å². The van der Waals surface area contributed by atoms with Gasteiger partial charge >= 0.3 is 6.03 Å². The Labute approximate surface area is 103 Å². The lowest BCUT2D eigenvalue weighted by atomic mass is 10.2. The monoisotopic (exact) mass is 245 g/mol. The zero-order chi connectivity index (χ0) is 13.1. The van der Waals surface area contributed by atoms with E-state index in [0.29, 0.717) is 23.3 Å². The number of carbonyl (C=O) groups is 1.